The van der Waals surface area contributed by atoms with Gasteiger partial charge in [-0.05, 0) is 31.7 Å². The van der Waals surface area contributed by atoms with Crippen LogP contribution in [0.15, 0.2) is 0 Å². The van der Waals surface area contributed by atoms with Gasteiger partial charge < -0.3 is 5.73 Å². The Morgan fingerprint density at radius 2 is 2.27 bits per heavy atom. The first kappa shape index (κ1) is 7.56. The van der Waals surface area contributed by atoms with E-state index in [4.69, 9.17) is 5.73 Å². The first-order valence-electron chi connectivity index (χ1n) is 4.82. The maximum absolute atomic E-state index is 5.74. The van der Waals surface area contributed by atoms with Crippen molar-refractivity contribution in [2.24, 2.45) is 11.7 Å². The van der Waals surface area contributed by atoms with Crippen LogP contribution in [0.2, 0.25) is 0 Å². The van der Waals surface area contributed by atoms with Gasteiger partial charge in [-0.1, -0.05) is 6.92 Å². The summed E-state index contributed by atoms with van der Waals surface area (Å²) in [4.78, 5) is 2.61. The molecule has 2 heteroatoms. The molecule has 2 N–H and O–H groups in total. The number of likely N-dealkylation sites (N-methyl/N-ethyl adjacent to an activating group) is 1. The molecule has 11 heavy (non-hydrogen) atoms. The van der Waals surface area contributed by atoms with Gasteiger partial charge in [-0.15, -0.1) is 0 Å². The van der Waals surface area contributed by atoms with Crippen molar-refractivity contribution in [1.82, 2.24) is 4.90 Å². The smallest absolute Gasteiger partial charge is 0.0250 e. The number of likely N-dealkylation sites (tertiary alicyclic amines) is 1. The molecule has 1 saturated carbocycles. The summed E-state index contributed by atoms with van der Waals surface area (Å²) in [7, 11) is 0. The fourth-order valence-electron chi connectivity index (χ4n) is 3.00. The van der Waals surface area contributed by atoms with E-state index >= 15 is 0 Å². The maximum Gasteiger partial charge on any atom is 0.0250 e. The molecular formula is C9H18N2. The molecule has 64 valence electrons. The van der Waals surface area contributed by atoms with Crippen molar-refractivity contribution in [3.05, 3.63) is 0 Å². The lowest BCUT2D eigenvalue weighted by atomic mass is 9.99. The average molecular weight is 154 g/mol. The zero-order valence-electron chi connectivity index (χ0n) is 7.29. The molecule has 2 nitrogen and oxygen atoms in total. The van der Waals surface area contributed by atoms with Gasteiger partial charge in [0.1, 0.15) is 0 Å². The molecule has 3 unspecified atom stereocenters. The Hall–Kier alpha value is -0.0800. The summed E-state index contributed by atoms with van der Waals surface area (Å²) in [6.07, 6.45) is 4.29. The third-order valence-corrected chi connectivity index (χ3v) is 3.49. The van der Waals surface area contributed by atoms with Crippen molar-refractivity contribution in [2.45, 2.75) is 38.3 Å². The van der Waals surface area contributed by atoms with Gasteiger partial charge in [-0.3, -0.25) is 4.90 Å². The third-order valence-electron chi connectivity index (χ3n) is 3.49. The zero-order chi connectivity index (χ0) is 7.84. The molecule has 1 heterocycles. The minimum absolute atomic E-state index is 0.721. The summed E-state index contributed by atoms with van der Waals surface area (Å²) in [6, 6.07) is 1.61. The SMILES string of the molecule is CCN1C2CCC(C2)C1CN. The van der Waals surface area contributed by atoms with E-state index in [-0.39, 0.29) is 0 Å². The van der Waals surface area contributed by atoms with Gasteiger partial charge in [-0.2, -0.15) is 0 Å². The van der Waals surface area contributed by atoms with Crippen LogP contribution in [-0.4, -0.2) is 30.1 Å². The van der Waals surface area contributed by atoms with Crippen LogP contribution in [0.25, 0.3) is 0 Å². The van der Waals surface area contributed by atoms with Gasteiger partial charge in [-0.25, -0.2) is 0 Å². The Balaban J connectivity index is 2.08. The molecule has 0 spiro atoms. The van der Waals surface area contributed by atoms with Crippen molar-refractivity contribution in [1.29, 1.82) is 0 Å². The van der Waals surface area contributed by atoms with Crippen LogP contribution >= 0.6 is 0 Å². The van der Waals surface area contributed by atoms with E-state index in [9.17, 15) is 0 Å². The fraction of sp³-hybridized carbons (Fsp3) is 1.00. The third kappa shape index (κ3) is 1.00. The largest absolute Gasteiger partial charge is 0.329 e. The predicted octanol–water partition coefficient (Wildman–Crippen LogP) is 0.818. The van der Waals surface area contributed by atoms with Gasteiger partial charge in [0, 0.05) is 18.6 Å². The highest BCUT2D eigenvalue weighted by Gasteiger charge is 2.43. The monoisotopic (exact) mass is 154 g/mol. The Labute approximate surface area is 68.7 Å². The second-order valence-electron chi connectivity index (χ2n) is 3.86. The first-order valence-corrected chi connectivity index (χ1v) is 4.82. The summed E-state index contributed by atoms with van der Waals surface area (Å²) in [5, 5.41) is 0. The van der Waals surface area contributed by atoms with Gasteiger partial charge in [0.2, 0.25) is 0 Å². The molecule has 1 aliphatic heterocycles. The van der Waals surface area contributed by atoms with Gasteiger partial charge in [0.25, 0.3) is 0 Å². The topological polar surface area (TPSA) is 29.3 Å². The summed E-state index contributed by atoms with van der Waals surface area (Å²) in [5.74, 6) is 0.935. The Bertz CT molecular complexity index is 130. The summed E-state index contributed by atoms with van der Waals surface area (Å²) >= 11 is 0. The number of nitrogens with zero attached hydrogens (tertiary/aromatic N) is 1. The van der Waals surface area contributed by atoms with Crippen molar-refractivity contribution in [3.63, 3.8) is 0 Å². The van der Waals surface area contributed by atoms with Gasteiger partial charge in [0.15, 0.2) is 0 Å². The highest BCUT2D eigenvalue weighted by Crippen LogP contribution is 2.41. The molecule has 0 aromatic carbocycles. The van der Waals surface area contributed by atoms with Crippen molar-refractivity contribution in [3.8, 4) is 0 Å². The molecule has 3 atom stereocenters. The van der Waals surface area contributed by atoms with E-state index in [1.165, 1.54) is 25.8 Å². The molecule has 1 saturated heterocycles. The summed E-state index contributed by atoms with van der Waals surface area (Å²) in [6.45, 7) is 4.32. The van der Waals surface area contributed by atoms with Crippen LogP contribution in [-0.2, 0) is 0 Å². The lowest BCUT2D eigenvalue weighted by molar-refractivity contribution is 0.152. The van der Waals surface area contributed by atoms with Crippen LogP contribution in [0.1, 0.15) is 26.2 Å². The highest BCUT2D eigenvalue weighted by atomic mass is 15.2. The Morgan fingerprint density at radius 3 is 2.82 bits per heavy atom. The predicted molar refractivity (Wildman–Crippen MR) is 46.4 cm³/mol. The summed E-state index contributed by atoms with van der Waals surface area (Å²) in [5.41, 5.74) is 5.74. The molecular weight excluding hydrogens is 136 g/mol. The van der Waals surface area contributed by atoms with Crippen molar-refractivity contribution < 1.29 is 0 Å². The van der Waals surface area contributed by atoms with Crippen molar-refractivity contribution in [2.75, 3.05) is 13.1 Å². The molecule has 0 radical (unpaired) electrons. The van der Waals surface area contributed by atoms with E-state index in [0.29, 0.717) is 0 Å². The first-order chi connectivity index (χ1) is 5.36. The number of hydrogen-bond donors (Lipinski definition) is 1. The molecule has 0 aromatic rings. The number of hydrogen-bond acceptors (Lipinski definition) is 2. The van der Waals surface area contributed by atoms with Crippen LogP contribution < -0.4 is 5.73 Å². The van der Waals surface area contributed by atoms with Crippen LogP contribution in [0.5, 0.6) is 0 Å². The number of nitrogens with two attached hydrogens (primary N) is 1. The Morgan fingerprint density at radius 1 is 1.45 bits per heavy atom. The fourth-order valence-corrected chi connectivity index (χ4v) is 3.00. The van der Waals surface area contributed by atoms with E-state index < -0.39 is 0 Å². The zero-order valence-corrected chi connectivity index (χ0v) is 7.29. The second kappa shape index (κ2) is 2.76. The molecule has 2 bridgehead atoms. The number of fused-ring (bicyclic) bond motifs is 2. The molecule has 2 fully saturated rings. The second-order valence-corrected chi connectivity index (χ2v) is 3.86. The van der Waals surface area contributed by atoms with Crippen LogP contribution in [0.4, 0.5) is 0 Å². The molecule has 0 aromatic heterocycles. The van der Waals surface area contributed by atoms with E-state index in [2.05, 4.69) is 11.8 Å². The standard InChI is InChI=1S/C9H18N2/c1-2-11-8-4-3-7(5-8)9(11)6-10/h7-9H,2-6,10H2,1H3. The lowest BCUT2D eigenvalue weighted by Crippen LogP contribution is -2.44. The lowest BCUT2D eigenvalue weighted by Gasteiger charge is -2.33. The average Bonchev–Trinajstić information content (AvgIpc) is 2.60. The number of piperidine rings is 1. The van der Waals surface area contributed by atoms with Crippen molar-refractivity contribution >= 4 is 0 Å². The highest BCUT2D eigenvalue weighted by molar-refractivity contribution is 4.99. The minimum atomic E-state index is 0.721. The molecule has 1 aliphatic carbocycles. The van der Waals surface area contributed by atoms with E-state index in [1.807, 2.05) is 0 Å². The van der Waals surface area contributed by atoms with E-state index in [0.717, 1.165) is 24.5 Å². The molecule has 2 aliphatic rings. The van der Waals surface area contributed by atoms with E-state index in [1.54, 1.807) is 0 Å². The minimum Gasteiger partial charge on any atom is -0.329 e. The van der Waals surface area contributed by atoms with Gasteiger partial charge >= 0.3 is 0 Å². The van der Waals surface area contributed by atoms with Crippen LogP contribution in [0, 0.1) is 5.92 Å². The van der Waals surface area contributed by atoms with Crippen LogP contribution in [0.3, 0.4) is 0 Å². The van der Waals surface area contributed by atoms with Gasteiger partial charge in [0.05, 0.1) is 0 Å². The summed E-state index contributed by atoms with van der Waals surface area (Å²) < 4.78 is 0. The molecule has 0 amide bonds. The number of rotatable bonds is 2. The molecule has 2 rings (SSSR count). The quantitative estimate of drug-likeness (QED) is 0.638. The maximum atomic E-state index is 5.74. The Kier molecular flexibility index (Phi) is 1.90. The normalized spacial score (nSPS) is 43.6.